The molecule has 0 atom stereocenters. The smallest absolute Gasteiger partial charge is 0.191 e. The third kappa shape index (κ3) is 6.08. The first kappa shape index (κ1) is 18.2. The van der Waals surface area contributed by atoms with Crippen molar-refractivity contribution in [2.24, 2.45) is 4.99 Å². The summed E-state index contributed by atoms with van der Waals surface area (Å²) < 4.78 is 0. The average molecular weight is 339 g/mol. The summed E-state index contributed by atoms with van der Waals surface area (Å²) in [6.07, 6.45) is 3.02. The molecule has 0 aliphatic carbocycles. The Morgan fingerprint density at radius 3 is 2.57 bits per heavy atom. The number of nitrogens with one attached hydrogen (secondary N) is 2. The number of piperazine rings is 1. The van der Waals surface area contributed by atoms with Crippen LogP contribution in [0.25, 0.3) is 0 Å². The highest BCUT2D eigenvalue weighted by Crippen LogP contribution is 2.12. The predicted molar refractivity (Wildman–Crippen MR) is 98.2 cm³/mol. The van der Waals surface area contributed by atoms with Crippen molar-refractivity contribution < 1.29 is 0 Å². The third-order valence-corrected chi connectivity index (χ3v) is 5.35. The van der Waals surface area contributed by atoms with Gasteiger partial charge in [-0.05, 0) is 13.0 Å². The zero-order valence-corrected chi connectivity index (χ0v) is 15.5. The van der Waals surface area contributed by atoms with Gasteiger partial charge >= 0.3 is 0 Å². The fourth-order valence-corrected chi connectivity index (χ4v) is 3.44. The molecule has 130 valence electrons. The molecule has 1 aromatic heterocycles. The fourth-order valence-electron chi connectivity index (χ4n) is 2.63. The van der Waals surface area contributed by atoms with Crippen LogP contribution in [-0.2, 0) is 13.0 Å². The van der Waals surface area contributed by atoms with Crippen LogP contribution in [0.1, 0.15) is 23.7 Å². The number of rotatable bonds is 7. The molecule has 0 aromatic carbocycles. The highest BCUT2D eigenvalue weighted by Gasteiger charge is 2.14. The SMILES string of the molecule is CCc1cnc(CNC(=NC)NCCN2CCN(CC)CC2)s1. The molecule has 0 saturated carbocycles. The molecule has 0 spiro atoms. The molecule has 1 aromatic rings. The lowest BCUT2D eigenvalue weighted by atomic mass is 10.3. The first-order valence-electron chi connectivity index (χ1n) is 8.58. The molecule has 2 heterocycles. The standard InChI is InChI=1S/C16H30N6S/c1-4-14-12-19-15(23-14)13-20-16(17-3)18-6-7-22-10-8-21(5-2)9-11-22/h12H,4-11,13H2,1-3H3,(H2,17,18,20). The van der Waals surface area contributed by atoms with E-state index in [2.05, 4.69) is 44.3 Å². The summed E-state index contributed by atoms with van der Waals surface area (Å²) in [5.74, 6) is 0.852. The normalized spacial score (nSPS) is 17.4. The zero-order chi connectivity index (χ0) is 16.5. The Morgan fingerprint density at radius 1 is 1.22 bits per heavy atom. The van der Waals surface area contributed by atoms with Gasteiger partial charge < -0.3 is 15.5 Å². The third-order valence-electron chi connectivity index (χ3n) is 4.21. The maximum Gasteiger partial charge on any atom is 0.191 e. The van der Waals surface area contributed by atoms with Gasteiger partial charge in [-0.3, -0.25) is 9.89 Å². The summed E-state index contributed by atoms with van der Waals surface area (Å²) in [6.45, 7) is 13.0. The monoisotopic (exact) mass is 338 g/mol. The van der Waals surface area contributed by atoms with Gasteiger partial charge in [0.2, 0.25) is 0 Å². The molecule has 2 rings (SSSR count). The number of aryl methyl sites for hydroxylation is 1. The Balaban J connectivity index is 1.63. The van der Waals surface area contributed by atoms with Crippen molar-refractivity contribution in [3.63, 3.8) is 0 Å². The average Bonchev–Trinajstić information content (AvgIpc) is 3.06. The highest BCUT2D eigenvalue weighted by atomic mass is 32.1. The Bertz CT molecular complexity index is 479. The van der Waals surface area contributed by atoms with Crippen molar-refractivity contribution in [1.29, 1.82) is 0 Å². The first-order chi connectivity index (χ1) is 11.2. The highest BCUT2D eigenvalue weighted by molar-refractivity contribution is 7.11. The van der Waals surface area contributed by atoms with Gasteiger partial charge in [0.05, 0.1) is 6.54 Å². The molecule has 1 fully saturated rings. The van der Waals surface area contributed by atoms with Crippen molar-refractivity contribution in [3.05, 3.63) is 16.1 Å². The van der Waals surface area contributed by atoms with E-state index in [1.807, 2.05) is 13.2 Å². The number of nitrogens with zero attached hydrogens (tertiary/aromatic N) is 4. The predicted octanol–water partition coefficient (Wildman–Crippen LogP) is 1.01. The molecule has 2 N–H and O–H groups in total. The second-order valence-electron chi connectivity index (χ2n) is 5.70. The zero-order valence-electron chi connectivity index (χ0n) is 14.6. The molecule has 7 heteroatoms. The summed E-state index contributed by atoms with van der Waals surface area (Å²) in [5, 5.41) is 7.84. The lowest BCUT2D eigenvalue weighted by Gasteiger charge is -2.34. The Hall–Kier alpha value is -1.18. The quantitative estimate of drug-likeness (QED) is 0.574. The van der Waals surface area contributed by atoms with Gasteiger partial charge in [-0.2, -0.15) is 0 Å². The Kier molecular flexibility index (Phi) is 7.78. The molecule has 0 amide bonds. The van der Waals surface area contributed by atoms with Crippen molar-refractivity contribution >= 4 is 17.3 Å². The van der Waals surface area contributed by atoms with Gasteiger partial charge in [0.25, 0.3) is 0 Å². The number of aromatic nitrogens is 1. The van der Waals surface area contributed by atoms with Gasteiger partial charge in [-0.1, -0.05) is 13.8 Å². The van der Waals surface area contributed by atoms with Crippen LogP contribution in [0.5, 0.6) is 0 Å². The summed E-state index contributed by atoms with van der Waals surface area (Å²) in [5.41, 5.74) is 0. The van der Waals surface area contributed by atoms with Crippen LogP contribution in [-0.4, -0.2) is 73.6 Å². The van der Waals surface area contributed by atoms with E-state index in [0.29, 0.717) is 0 Å². The molecular weight excluding hydrogens is 308 g/mol. The maximum absolute atomic E-state index is 4.42. The number of likely N-dealkylation sites (N-methyl/N-ethyl adjacent to an activating group) is 1. The number of guanidine groups is 1. The number of thiazole rings is 1. The minimum atomic E-state index is 0.736. The second-order valence-corrected chi connectivity index (χ2v) is 6.90. The molecule has 0 radical (unpaired) electrons. The van der Waals surface area contributed by atoms with Crippen LogP contribution in [0, 0.1) is 0 Å². The van der Waals surface area contributed by atoms with Crippen molar-refractivity contribution in [1.82, 2.24) is 25.4 Å². The molecule has 6 nitrogen and oxygen atoms in total. The number of hydrogen-bond donors (Lipinski definition) is 2. The van der Waals surface area contributed by atoms with E-state index in [9.17, 15) is 0 Å². The van der Waals surface area contributed by atoms with Gasteiger partial charge in [0.1, 0.15) is 5.01 Å². The van der Waals surface area contributed by atoms with Crippen LogP contribution in [0.15, 0.2) is 11.2 Å². The van der Waals surface area contributed by atoms with Gasteiger partial charge in [-0.15, -0.1) is 11.3 Å². The second kappa shape index (κ2) is 9.85. The first-order valence-corrected chi connectivity index (χ1v) is 9.39. The molecule has 23 heavy (non-hydrogen) atoms. The van der Waals surface area contributed by atoms with E-state index in [0.717, 1.165) is 37.0 Å². The summed E-state index contributed by atoms with van der Waals surface area (Å²) in [4.78, 5) is 15.1. The summed E-state index contributed by atoms with van der Waals surface area (Å²) in [7, 11) is 1.81. The van der Waals surface area contributed by atoms with Gasteiger partial charge in [0.15, 0.2) is 5.96 Å². The Labute approximate surface area is 144 Å². The van der Waals surface area contributed by atoms with Crippen molar-refractivity contribution in [2.45, 2.75) is 26.8 Å². The van der Waals surface area contributed by atoms with Crippen LogP contribution < -0.4 is 10.6 Å². The molecule has 1 saturated heterocycles. The van der Waals surface area contributed by atoms with Crippen LogP contribution in [0.4, 0.5) is 0 Å². The largest absolute Gasteiger partial charge is 0.355 e. The lowest BCUT2D eigenvalue weighted by molar-refractivity contribution is 0.139. The van der Waals surface area contributed by atoms with Gasteiger partial charge in [-0.25, -0.2) is 4.98 Å². The van der Waals surface area contributed by atoms with Crippen LogP contribution >= 0.6 is 11.3 Å². The van der Waals surface area contributed by atoms with E-state index in [4.69, 9.17) is 0 Å². The van der Waals surface area contributed by atoms with Crippen molar-refractivity contribution in [3.8, 4) is 0 Å². The summed E-state index contributed by atoms with van der Waals surface area (Å²) in [6, 6.07) is 0. The van der Waals surface area contributed by atoms with E-state index >= 15 is 0 Å². The Morgan fingerprint density at radius 2 is 1.96 bits per heavy atom. The molecule has 0 bridgehead atoms. The topological polar surface area (TPSA) is 55.8 Å². The number of aliphatic imine (C=N–C) groups is 1. The maximum atomic E-state index is 4.42. The lowest BCUT2D eigenvalue weighted by Crippen LogP contribution is -2.49. The molecular formula is C16H30N6S. The van der Waals surface area contributed by atoms with Gasteiger partial charge in [0, 0.05) is 57.4 Å². The fraction of sp³-hybridized carbons (Fsp3) is 0.750. The molecule has 1 aliphatic heterocycles. The molecule has 0 unspecified atom stereocenters. The van der Waals surface area contributed by atoms with Crippen molar-refractivity contribution in [2.75, 3.05) is 52.9 Å². The van der Waals surface area contributed by atoms with E-state index < -0.39 is 0 Å². The number of hydrogen-bond acceptors (Lipinski definition) is 5. The minimum Gasteiger partial charge on any atom is -0.355 e. The molecule has 1 aliphatic rings. The van der Waals surface area contributed by atoms with E-state index in [1.165, 1.54) is 37.6 Å². The minimum absolute atomic E-state index is 0.736. The van der Waals surface area contributed by atoms with E-state index in [1.54, 1.807) is 11.3 Å². The van der Waals surface area contributed by atoms with E-state index in [-0.39, 0.29) is 0 Å². The van der Waals surface area contributed by atoms with Crippen LogP contribution in [0.2, 0.25) is 0 Å². The van der Waals surface area contributed by atoms with Crippen LogP contribution in [0.3, 0.4) is 0 Å². The summed E-state index contributed by atoms with van der Waals surface area (Å²) >= 11 is 1.76.